The smallest absolute Gasteiger partial charge is 0.306 e. The van der Waals surface area contributed by atoms with Crippen LogP contribution in [0.1, 0.15) is 25.7 Å². The molecule has 0 radical (unpaired) electrons. The molecular weight excluding hydrogens is 401 g/mol. The fraction of sp³-hybridized carbons (Fsp3) is 0.350. The number of halogens is 1. The third-order valence-electron chi connectivity index (χ3n) is 5.24. The van der Waals surface area contributed by atoms with E-state index in [9.17, 15) is 22.7 Å². The number of nitrogens with one attached hydrogen (secondary N) is 1. The maximum Gasteiger partial charge on any atom is 0.306 e. The Morgan fingerprint density at radius 1 is 1.14 bits per heavy atom. The number of hydrogen-bond acceptors (Lipinski definition) is 5. The summed E-state index contributed by atoms with van der Waals surface area (Å²) in [6, 6.07) is 11.2. The predicted molar refractivity (Wildman–Crippen MR) is 100 cm³/mol. The quantitative estimate of drug-likeness (QED) is 0.742. The molecule has 3 unspecified atom stereocenters. The molecule has 154 valence electrons. The molecular formula is C20H20FNO6S. The molecule has 4 rings (SSSR count). The lowest BCUT2D eigenvalue weighted by atomic mass is 9.93. The molecule has 29 heavy (non-hydrogen) atoms. The van der Waals surface area contributed by atoms with E-state index in [-0.39, 0.29) is 23.2 Å². The van der Waals surface area contributed by atoms with Gasteiger partial charge in [0.05, 0.1) is 16.9 Å². The summed E-state index contributed by atoms with van der Waals surface area (Å²) in [7, 11) is -3.92. The Morgan fingerprint density at radius 2 is 1.76 bits per heavy atom. The van der Waals surface area contributed by atoms with Crippen LogP contribution in [-0.2, 0) is 19.6 Å². The molecule has 9 heteroatoms. The zero-order valence-corrected chi connectivity index (χ0v) is 16.2. The standard InChI is InChI=1S/C20H20FNO6S/c21-14-1-3-15(4-2-14)27-16-5-7-18(8-6-16)29(25,26)22-20-10-9-17(28-20)11-13(12-20)19(23)24/h1-8,13,17,22H,9-12H2,(H,23,24). The van der Waals surface area contributed by atoms with Crippen LogP contribution in [0.25, 0.3) is 0 Å². The third kappa shape index (κ3) is 4.26. The molecule has 2 N–H and O–H groups in total. The SMILES string of the molecule is O=C(O)C1CC2CCC(NS(=O)(=O)c3ccc(Oc4ccc(F)cc4)cc3)(C1)O2. The summed E-state index contributed by atoms with van der Waals surface area (Å²) in [4.78, 5) is 11.4. The monoisotopic (exact) mass is 421 g/mol. The van der Waals surface area contributed by atoms with Crippen LogP contribution in [0.5, 0.6) is 11.5 Å². The summed E-state index contributed by atoms with van der Waals surface area (Å²) in [5.74, 6) is -1.13. The number of benzene rings is 2. The molecule has 3 atom stereocenters. The fourth-order valence-electron chi connectivity index (χ4n) is 3.88. The summed E-state index contributed by atoms with van der Waals surface area (Å²) in [5, 5.41) is 9.33. The second-order valence-corrected chi connectivity index (χ2v) is 9.06. The largest absolute Gasteiger partial charge is 0.481 e. The van der Waals surface area contributed by atoms with Crippen LogP contribution in [0.4, 0.5) is 4.39 Å². The van der Waals surface area contributed by atoms with Gasteiger partial charge in [-0.2, -0.15) is 4.72 Å². The molecule has 2 aromatic carbocycles. The average molecular weight is 421 g/mol. The first kappa shape index (κ1) is 19.8. The lowest BCUT2D eigenvalue weighted by Gasteiger charge is -2.36. The second kappa shape index (κ2) is 7.40. The lowest BCUT2D eigenvalue weighted by molar-refractivity contribution is -0.156. The van der Waals surface area contributed by atoms with Gasteiger partial charge in [-0.05, 0) is 67.8 Å². The van der Waals surface area contributed by atoms with Crippen LogP contribution < -0.4 is 9.46 Å². The molecule has 2 heterocycles. The highest BCUT2D eigenvalue weighted by Gasteiger charge is 2.50. The normalized spacial score (nSPS) is 26.2. The van der Waals surface area contributed by atoms with Gasteiger partial charge < -0.3 is 14.6 Å². The van der Waals surface area contributed by atoms with Crippen LogP contribution in [0.15, 0.2) is 53.4 Å². The number of fused-ring (bicyclic) bond motifs is 2. The first-order valence-electron chi connectivity index (χ1n) is 9.23. The van der Waals surface area contributed by atoms with Gasteiger partial charge in [0.2, 0.25) is 10.0 Å². The molecule has 0 aromatic heterocycles. The third-order valence-corrected chi connectivity index (χ3v) is 6.77. The molecule has 2 aliphatic heterocycles. The van der Waals surface area contributed by atoms with E-state index >= 15 is 0 Å². The predicted octanol–water partition coefficient (Wildman–Crippen LogP) is 3.27. The number of sulfonamides is 1. The van der Waals surface area contributed by atoms with Crippen molar-refractivity contribution >= 4 is 16.0 Å². The Morgan fingerprint density at radius 3 is 2.38 bits per heavy atom. The van der Waals surface area contributed by atoms with E-state index in [2.05, 4.69) is 4.72 Å². The minimum absolute atomic E-state index is 0.0165. The minimum Gasteiger partial charge on any atom is -0.481 e. The number of hydrogen-bond donors (Lipinski definition) is 2. The molecule has 0 saturated carbocycles. The van der Waals surface area contributed by atoms with Crippen molar-refractivity contribution < 1.29 is 32.2 Å². The van der Waals surface area contributed by atoms with Crippen LogP contribution in [0.3, 0.4) is 0 Å². The molecule has 0 amide bonds. The van der Waals surface area contributed by atoms with Crippen LogP contribution in [0, 0.1) is 11.7 Å². The van der Waals surface area contributed by atoms with E-state index in [1.807, 2.05) is 0 Å². The zero-order valence-electron chi connectivity index (χ0n) is 15.4. The highest BCUT2D eigenvalue weighted by atomic mass is 32.2. The number of carbonyl (C=O) groups is 1. The van der Waals surface area contributed by atoms with Gasteiger partial charge in [-0.15, -0.1) is 0 Å². The number of ether oxygens (including phenoxy) is 2. The fourth-order valence-corrected chi connectivity index (χ4v) is 5.22. The van der Waals surface area contributed by atoms with Crippen molar-refractivity contribution in [2.24, 2.45) is 5.92 Å². The molecule has 0 spiro atoms. The van der Waals surface area contributed by atoms with Crippen molar-refractivity contribution in [2.75, 3.05) is 0 Å². The van der Waals surface area contributed by atoms with Gasteiger partial charge in [0.15, 0.2) is 0 Å². The van der Waals surface area contributed by atoms with E-state index in [1.165, 1.54) is 48.5 Å². The highest BCUT2D eigenvalue weighted by molar-refractivity contribution is 7.89. The van der Waals surface area contributed by atoms with Crippen LogP contribution in [0.2, 0.25) is 0 Å². The van der Waals surface area contributed by atoms with Gasteiger partial charge in [-0.3, -0.25) is 4.79 Å². The highest BCUT2D eigenvalue weighted by Crippen LogP contribution is 2.43. The van der Waals surface area contributed by atoms with Gasteiger partial charge in [0.25, 0.3) is 0 Å². The maximum atomic E-state index is 13.0. The summed E-state index contributed by atoms with van der Waals surface area (Å²) < 4.78 is 52.6. The van der Waals surface area contributed by atoms with Gasteiger partial charge in [0, 0.05) is 6.42 Å². The topological polar surface area (TPSA) is 102 Å². The number of aliphatic carboxylic acids is 1. The number of carboxylic acids is 1. The molecule has 7 nitrogen and oxygen atoms in total. The Balaban J connectivity index is 1.49. The Bertz CT molecular complexity index is 1010. The minimum atomic E-state index is -3.92. The lowest BCUT2D eigenvalue weighted by Crippen LogP contribution is -2.52. The summed E-state index contributed by atoms with van der Waals surface area (Å²) in [6.07, 6.45) is 1.31. The van der Waals surface area contributed by atoms with E-state index in [0.29, 0.717) is 30.8 Å². The average Bonchev–Trinajstić information content (AvgIpc) is 2.96. The summed E-state index contributed by atoms with van der Waals surface area (Å²) in [6.45, 7) is 0. The Hall–Kier alpha value is -2.49. The van der Waals surface area contributed by atoms with Crippen molar-refractivity contribution in [3.8, 4) is 11.5 Å². The summed E-state index contributed by atoms with van der Waals surface area (Å²) >= 11 is 0. The molecule has 2 bridgehead atoms. The number of rotatable bonds is 6. The molecule has 2 aromatic rings. The van der Waals surface area contributed by atoms with Gasteiger partial charge in [0.1, 0.15) is 23.0 Å². The molecule has 2 aliphatic rings. The first-order chi connectivity index (χ1) is 13.7. The maximum absolute atomic E-state index is 13.0. The van der Waals surface area contributed by atoms with E-state index in [4.69, 9.17) is 9.47 Å². The van der Waals surface area contributed by atoms with Gasteiger partial charge in [-0.1, -0.05) is 0 Å². The van der Waals surface area contributed by atoms with Crippen LogP contribution >= 0.6 is 0 Å². The van der Waals surface area contributed by atoms with E-state index in [1.54, 1.807) is 0 Å². The summed E-state index contributed by atoms with van der Waals surface area (Å²) in [5.41, 5.74) is -1.19. The Labute approximate surface area is 167 Å². The number of carboxylic acid groups (broad SMARTS) is 1. The first-order valence-corrected chi connectivity index (χ1v) is 10.7. The van der Waals surface area contributed by atoms with E-state index < -0.39 is 27.6 Å². The van der Waals surface area contributed by atoms with Crippen molar-refractivity contribution in [3.63, 3.8) is 0 Å². The molecule has 2 fully saturated rings. The van der Waals surface area contributed by atoms with Crippen molar-refractivity contribution in [1.82, 2.24) is 4.72 Å². The van der Waals surface area contributed by atoms with Gasteiger partial charge in [-0.25, -0.2) is 12.8 Å². The molecule has 2 saturated heterocycles. The van der Waals surface area contributed by atoms with Crippen molar-refractivity contribution in [2.45, 2.75) is 42.4 Å². The van der Waals surface area contributed by atoms with Gasteiger partial charge >= 0.3 is 5.97 Å². The van der Waals surface area contributed by atoms with Crippen LogP contribution in [-0.4, -0.2) is 31.3 Å². The zero-order chi connectivity index (χ0) is 20.6. The van der Waals surface area contributed by atoms with Crippen molar-refractivity contribution in [3.05, 3.63) is 54.3 Å². The van der Waals surface area contributed by atoms with E-state index in [0.717, 1.165) is 0 Å². The second-order valence-electron chi connectivity index (χ2n) is 7.38. The molecule has 0 aliphatic carbocycles. The van der Waals surface area contributed by atoms with Crippen molar-refractivity contribution in [1.29, 1.82) is 0 Å². The Kier molecular flexibility index (Phi) is 5.05.